The van der Waals surface area contributed by atoms with Crippen LogP contribution in [-0.2, 0) is 4.79 Å². The van der Waals surface area contributed by atoms with Gasteiger partial charge in [0.2, 0.25) is 5.91 Å². The molecule has 108 valence electrons. The van der Waals surface area contributed by atoms with E-state index in [1.54, 1.807) is 18.2 Å². The number of rotatable bonds is 4. The molecular weight excluding hydrogens is 333 g/mol. The van der Waals surface area contributed by atoms with E-state index in [0.717, 1.165) is 15.6 Å². The van der Waals surface area contributed by atoms with E-state index < -0.39 is 0 Å². The third-order valence-electron chi connectivity index (χ3n) is 3.05. The highest BCUT2D eigenvalue weighted by Gasteiger charge is 2.07. The van der Waals surface area contributed by atoms with Crippen molar-refractivity contribution in [1.82, 2.24) is 5.32 Å². The number of hydrogen-bond donors (Lipinski definition) is 1. The van der Waals surface area contributed by atoms with Gasteiger partial charge in [-0.05, 0) is 42.3 Å². The lowest BCUT2D eigenvalue weighted by atomic mass is 10.1. The number of halogens is 2. The molecule has 0 saturated heterocycles. The van der Waals surface area contributed by atoms with Gasteiger partial charge in [-0.1, -0.05) is 46.3 Å². The predicted molar refractivity (Wildman–Crippen MR) is 86.1 cm³/mol. The van der Waals surface area contributed by atoms with Crippen LogP contribution in [0.4, 0.5) is 4.39 Å². The van der Waals surface area contributed by atoms with E-state index in [0.29, 0.717) is 0 Å². The maximum absolute atomic E-state index is 12.9. The second-order valence-electron chi connectivity index (χ2n) is 4.64. The van der Waals surface area contributed by atoms with E-state index in [2.05, 4.69) is 21.2 Å². The van der Waals surface area contributed by atoms with Crippen LogP contribution in [0.1, 0.15) is 24.1 Å². The summed E-state index contributed by atoms with van der Waals surface area (Å²) in [5.74, 6) is -0.478. The maximum atomic E-state index is 12.9. The van der Waals surface area contributed by atoms with Crippen molar-refractivity contribution in [2.75, 3.05) is 0 Å². The van der Waals surface area contributed by atoms with E-state index in [9.17, 15) is 9.18 Å². The number of hydrogen-bond acceptors (Lipinski definition) is 1. The number of benzene rings is 2. The molecule has 4 heteroatoms. The summed E-state index contributed by atoms with van der Waals surface area (Å²) in [5.41, 5.74) is 1.79. The van der Waals surface area contributed by atoms with Gasteiger partial charge in [0.05, 0.1) is 6.04 Å². The zero-order chi connectivity index (χ0) is 15.2. The second-order valence-corrected chi connectivity index (χ2v) is 5.49. The largest absolute Gasteiger partial charge is 0.346 e. The van der Waals surface area contributed by atoms with Crippen molar-refractivity contribution in [2.24, 2.45) is 0 Å². The molecule has 0 bridgehead atoms. The van der Waals surface area contributed by atoms with Crippen LogP contribution >= 0.6 is 15.9 Å². The minimum Gasteiger partial charge on any atom is -0.346 e. The Morgan fingerprint density at radius 3 is 2.52 bits per heavy atom. The van der Waals surface area contributed by atoms with Gasteiger partial charge in [-0.2, -0.15) is 0 Å². The van der Waals surface area contributed by atoms with E-state index in [1.165, 1.54) is 18.2 Å². The Balaban J connectivity index is 1.98. The molecule has 0 saturated carbocycles. The van der Waals surface area contributed by atoms with Crippen molar-refractivity contribution < 1.29 is 9.18 Å². The average molecular weight is 348 g/mol. The highest BCUT2D eigenvalue weighted by atomic mass is 79.9. The third-order valence-corrected chi connectivity index (χ3v) is 3.77. The topological polar surface area (TPSA) is 29.1 Å². The average Bonchev–Trinajstić information content (AvgIpc) is 2.47. The van der Waals surface area contributed by atoms with Crippen LogP contribution in [0.15, 0.2) is 59.1 Å². The minimum absolute atomic E-state index is 0.179. The Bertz CT molecular complexity index is 652. The van der Waals surface area contributed by atoms with Crippen molar-refractivity contribution in [3.05, 3.63) is 76.0 Å². The SMILES string of the molecule is C[C@H](NC(=O)/C=C/c1ccccc1Br)c1ccc(F)cc1. The van der Waals surface area contributed by atoms with Crippen LogP contribution in [0.25, 0.3) is 6.08 Å². The van der Waals surface area contributed by atoms with E-state index in [4.69, 9.17) is 0 Å². The maximum Gasteiger partial charge on any atom is 0.244 e. The number of carbonyl (C=O) groups is 1. The highest BCUT2D eigenvalue weighted by Crippen LogP contribution is 2.17. The quantitative estimate of drug-likeness (QED) is 0.811. The van der Waals surface area contributed by atoms with Crippen LogP contribution in [-0.4, -0.2) is 5.91 Å². The van der Waals surface area contributed by atoms with Crippen molar-refractivity contribution in [2.45, 2.75) is 13.0 Å². The molecule has 0 unspecified atom stereocenters. The zero-order valence-corrected chi connectivity index (χ0v) is 13.1. The first-order chi connectivity index (χ1) is 10.1. The molecule has 1 atom stereocenters. The monoisotopic (exact) mass is 347 g/mol. The highest BCUT2D eigenvalue weighted by molar-refractivity contribution is 9.10. The first kappa shape index (κ1) is 15.4. The van der Waals surface area contributed by atoms with E-state index in [-0.39, 0.29) is 17.8 Å². The molecular formula is C17H15BrFNO. The van der Waals surface area contributed by atoms with Gasteiger partial charge >= 0.3 is 0 Å². The standard InChI is InChI=1S/C17H15BrFNO/c1-12(13-6-9-15(19)10-7-13)20-17(21)11-8-14-4-2-3-5-16(14)18/h2-12H,1H3,(H,20,21)/b11-8+/t12-/m0/s1. The molecule has 0 fully saturated rings. The lowest BCUT2D eigenvalue weighted by molar-refractivity contribution is -0.117. The second kappa shape index (κ2) is 7.18. The minimum atomic E-state index is -0.286. The predicted octanol–water partition coefficient (Wildman–Crippen LogP) is 4.48. The molecule has 1 N–H and O–H groups in total. The fourth-order valence-electron chi connectivity index (χ4n) is 1.87. The lowest BCUT2D eigenvalue weighted by Gasteiger charge is -2.12. The van der Waals surface area contributed by atoms with E-state index in [1.807, 2.05) is 31.2 Å². The van der Waals surface area contributed by atoms with Gasteiger partial charge in [0, 0.05) is 10.5 Å². The summed E-state index contributed by atoms with van der Waals surface area (Å²) in [7, 11) is 0. The van der Waals surface area contributed by atoms with Crippen LogP contribution in [0.5, 0.6) is 0 Å². The van der Waals surface area contributed by atoms with Gasteiger partial charge < -0.3 is 5.32 Å². The molecule has 0 aromatic heterocycles. The Kier molecular flexibility index (Phi) is 5.28. The Morgan fingerprint density at radius 2 is 1.86 bits per heavy atom. The molecule has 0 aliphatic rings. The summed E-state index contributed by atoms with van der Waals surface area (Å²) < 4.78 is 13.8. The lowest BCUT2D eigenvalue weighted by Crippen LogP contribution is -2.24. The Labute approximate surface area is 131 Å². The van der Waals surface area contributed by atoms with Crippen molar-refractivity contribution >= 4 is 27.9 Å². The summed E-state index contributed by atoms with van der Waals surface area (Å²) in [6.45, 7) is 1.86. The zero-order valence-electron chi connectivity index (χ0n) is 11.5. The first-order valence-electron chi connectivity index (χ1n) is 6.55. The summed E-state index contributed by atoms with van der Waals surface area (Å²) in [5, 5.41) is 2.84. The summed E-state index contributed by atoms with van der Waals surface area (Å²) >= 11 is 3.42. The Morgan fingerprint density at radius 1 is 1.19 bits per heavy atom. The molecule has 0 aliphatic carbocycles. The molecule has 0 aliphatic heterocycles. The summed E-state index contributed by atoms with van der Waals surface area (Å²) in [6, 6.07) is 13.6. The van der Waals surface area contributed by atoms with Crippen LogP contribution in [0.3, 0.4) is 0 Å². The molecule has 0 heterocycles. The molecule has 2 aromatic carbocycles. The summed E-state index contributed by atoms with van der Waals surface area (Å²) in [4.78, 5) is 11.9. The van der Waals surface area contributed by atoms with Crippen molar-refractivity contribution in [1.29, 1.82) is 0 Å². The smallest absolute Gasteiger partial charge is 0.244 e. The van der Waals surface area contributed by atoms with Crippen molar-refractivity contribution in [3.63, 3.8) is 0 Å². The Hall–Kier alpha value is -1.94. The molecule has 2 nitrogen and oxygen atoms in total. The first-order valence-corrected chi connectivity index (χ1v) is 7.34. The van der Waals surface area contributed by atoms with Gasteiger partial charge in [0.15, 0.2) is 0 Å². The molecule has 2 aromatic rings. The van der Waals surface area contributed by atoms with Gasteiger partial charge in [0.1, 0.15) is 5.82 Å². The fraction of sp³-hybridized carbons (Fsp3) is 0.118. The van der Waals surface area contributed by atoms with Crippen LogP contribution in [0.2, 0.25) is 0 Å². The van der Waals surface area contributed by atoms with Gasteiger partial charge in [-0.3, -0.25) is 4.79 Å². The fourth-order valence-corrected chi connectivity index (χ4v) is 2.29. The van der Waals surface area contributed by atoms with Gasteiger partial charge in [0.25, 0.3) is 0 Å². The molecule has 0 radical (unpaired) electrons. The van der Waals surface area contributed by atoms with Crippen molar-refractivity contribution in [3.8, 4) is 0 Å². The normalized spacial score (nSPS) is 12.3. The molecule has 21 heavy (non-hydrogen) atoms. The van der Waals surface area contributed by atoms with Crippen LogP contribution in [0, 0.1) is 5.82 Å². The number of nitrogens with one attached hydrogen (secondary N) is 1. The summed E-state index contributed by atoms with van der Waals surface area (Å²) in [6.07, 6.45) is 3.23. The molecule has 0 spiro atoms. The van der Waals surface area contributed by atoms with E-state index >= 15 is 0 Å². The van der Waals surface area contributed by atoms with Crippen LogP contribution < -0.4 is 5.32 Å². The molecule has 1 amide bonds. The number of carbonyl (C=O) groups excluding carboxylic acids is 1. The third kappa shape index (κ3) is 4.53. The molecule has 2 rings (SSSR count). The van der Waals surface area contributed by atoms with Gasteiger partial charge in [-0.15, -0.1) is 0 Å². The number of amides is 1. The van der Waals surface area contributed by atoms with Gasteiger partial charge in [-0.25, -0.2) is 4.39 Å².